The highest BCUT2D eigenvalue weighted by Gasteiger charge is 2.43. The third kappa shape index (κ3) is 11.7. The fourth-order valence-electron chi connectivity index (χ4n) is 19.2. The molecule has 0 amide bonds. The molecule has 0 spiro atoms. The number of furan rings is 1. The van der Waals surface area contributed by atoms with E-state index in [1.807, 2.05) is 29.5 Å². The maximum atomic E-state index is 6.30. The molecule has 0 aliphatic heterocycles. The first-order chi connectivity index (χ1) is 58.8. The smallest absolute Gasteiger partial charge is 0.160 e. The molecule has 570 valence electrons. The first-order valence-corrected chi connectivity index (χ1v) is 42.0. The van der Waals surface area contributed by atoms with Crippen LogP contribution in [-0.4, -0.2) is 34.5 Å². The van der Waals surface area contributed by atoms with Gasteiger partial charge in [-0.25, -0.2) is 29.9 Å². The Hall–Kier alpha value is -14.6. The Morgan fingerprint density at radius 3 is 1.02 bits per heavy atom. The highest BCUT2D eigenvalue weighted by atomic mass is 32.1. The molecule has 8 nitrogen and oxygen atoms in total. The normalized spacial score (nSPS) is 13.4. The molecule has 0 saturated heterocycles. The molecular formula is C111H79N7OS. The summed E-state index contributed by atoms with van der Waals surface area (Å²) in [5.74, 6) is 2.24. The van der Waals surface area contributed by atoms with E-state index in [1.165, 1.54) is 103 Å². The van der Waals surface area contributed by atoms with Crippen molar-refractivity contribution in [2.24, 2.45) is 0 Å². The SMILES string of the molecule is CC1(C)c2ccccc2-c2nc(-c3ccc(-c4cccc5c4oc4ccccc45)cc3)nc(-c3ccccc3)c21.CC1(C)c2ccccc2-c2nc(-c3ccc(-c4cccc5c4sc4ccccc45)cc3)nc(-c3ccccc3)c21.CC1(C)c2ccccc2-c2nc(-c3ccc(-n4c5ccccc5c5ccccc54)cc3)nc(-c3ccccc3)c21. The van der Waals surface area contributed by atoms with E-state index in [-0.39, 0.29) is 16.2 Å². The van der Waals surface area contributed by atoms with Gasteiger partial charge in [-0.2, -0.15) is 0 Å². The molecule has 0 N–H and O–H groups in total. The van der Waals surface area contributed by atoms with E-state index in [0.717, 1.165) is 124 Å². The molecule has 24 rings (SSSR count). The van der Waals surface area contributed by atoms with Crippen molar-refractivity contribution in [3.63, 3.8) is 0 Å². The van der Waals surface area contributed by atoms with Crippen LogP contribution < -0.4 is 0 Å². The summed E-state index contributed by atoms with van der Waals surface area (Å²) in [5, 5.41) is 7.44. The van der Waals surface area contributed by atoms with Crippen LogP contribution >= 0.6 is 11.3 Å². The molecule has 0 radical (unpaired) electrons. The van der Waals surface area contributed by atoms with Gasteiger partial charge in [-0.3, -0.25) is 0 Å². The van der Waals surface area contributed by atoms with Gasteiger partial charge in [0.2, 0.25) is 0 Å². The monoisotopic (exact) mass is 1560 g/mol. The summed E-state index contributed by atoms with van der Waals surface area (Å²) in [6.07, 6.45) is 0. The number of nitrogens with zero attached hydrogens (tertiary/aromatic N) is 7. The molecule has 0 bridgehead atoms. The van der Waals surface area contributed by atoms with E-state index in [2.05, 4.69) is 398 Å². The van der Waals surface area contributed by atoms with Gasteiger partial charge < -0.3 is 8.98 Å². The first-order valence-electron chi connectivity index (χ1n) is 41.1. The van der Waals surface area contributed by atoms with Crippen LogP contribution in [0, 0.1) is 0 Å². The van der Waals surface area contributed by atoms with Crippen LogP contribution in [0.25, 0.3) is 194 Å². The molecule has 0 fully saturated rings. The van der Waals surface area contributed by atoms with E-state index in [1.54, 1.807) is 0 Å². The summed E-state index contributed by atoms with van der Waals surface area (Å²) in [4.78, 5) is 31.3. The van der Waals surface area contributed by atoms with E-state index >= 15 is 0 Å². The van der Waals surface area contributed by atoms with Crippen molar-refractivity contribution in [1.82, 2.24) is 34.5 Å². The fourth-order valence-corrected chi connectivity index (χ4v) is 20.4. The van der Waals surface area contributed by atoms with Gasteiger partial charge in [-0.1, -0.05) is 363 Å². The third-order valence-corrected chi connectivity index (χ3v) is 26.2. The van der Waals surface area contributed by atoms with Crippen molar-refractivity contribution in [3.8, 4) is 130 Å². The summed E-state index contributed by atoms with van der Waals surface area (Å²) < 4.78 is 11.3. The van der Waals surface area contributed by atoms with Crippen molar-refractivity contribution < 1.29 is 4.42 Å². The molecular weight excluding hydrogens is 1480 g/mol. The number of para-hydroxylation sites is 4. The zero-order valence-corrected chi connectivity index (χ0v) is 68.0. The zero-order chi connectivity index (χ0) is 80.5. The van der Waals surface area contributed by atoms with Crippen LogP contribution in [0.2, 0.25) is 0 Å². The number of rotatable bonds is 9. The molecule has 6 aromatic heterocycles. The Balaban J connectivity index is 0.000000108. The van der Waals surface area contributed by atoms with Gasteiger partial charge in [0.25, 0.3) is 0 Å². The van der Waals surface area contributed by atoms with Crippen molar-refractivity contribution in [1.29, 1.82) is 0 Å². The predicted molar refractivity (Wildman–Crippen MR) is 497 cm³/mol. The molecule has 120 heavy (non-hydrogen) atoms. The molecule has 21 aromatic rings. The van der Waals surface area contributed by atoms with Crippen LogP contribution in [0.3, 0.4) is 0 Å². The number of thiophene rings is 1. The minimum absolute atomic E-state index is 0.178. The lowest BCUT2D eigenvalue weighted by Gasteiger charge is -2.23. The Bertz CT molecular complexity index is 7280. The second-order valence-corrected chi connectivity index (χ2v) is 34.2. The topological polar surface area (TPSA) is 95.4 Å². The van der Waals surface area contributed by atoms with Gasteiger partial charge in [0.1, 0.15) is 11.2 Å². The minimum atomic E-state index is -0.190. The molecule has 0 unspecified atom stereocenters. The summed E-state index contributed by atoms with van der Waals surface area (Å²) >= 11 is 1.87. The highest BCUT2D eigenvalue weighted by molar-refractivity contribution is 7.26. The average Bonchev–Trinajstić information content (AvgIpc) is 1.55. The summed E-state index contributed by atoms with van der Waals surface area (Å²) in [6.45, 7) is 13.7. The quantitative estimate of drug-likeness (QED) is 0.142. The zero-order valence-electron chi connectivity index (χ0n) is 67.2. The Labute approximate surface area is 700 Å². The van der Waals surface area contributed by atoms with Crippen LogP contribution in [0.15, 0.2) is 374 Å². The van der Waals surface area contributed by atoms with E-state index in [0.29, 0.717) is 0 Å². The molecule has 3 aliphatic rings. The van der Waals surface area contributed by atoms with Gasteiger partial charge in [0.15, 0.2) is 17.5 Å². The average molecular weight is 1560 g/mol. The van der Waals surface area contributed by atoms with Crippen molar-refractivity contribution in [2.45, 2.75) is 57.8 Å². The number of fused-ring (bicyclic) bond motifs is 18. The second-order valence-electron chi connectivity index (χ2n) is 33.1. The van der Waals surface area contributed by atoms with E-state index in [9.17, 15) is 0 Å². The minimum Gasteiger partial charge on any atom is -0.455 e. The van der Waals surface area contributed by atoms with Crippen molar-refractivity contribution in [2.75, 3.05) is 0 Å². The van der Waals surface area contributed by atoms with Gasteiger partial charge in [-0.05, 0) is 81.9 Å². The van der Waals surface area contributed by atoms with Crippen LogP contribution in [0.4, 0.5) is 0 Å². The van der Waals surface area contributed by atoms with E-state index < -0.39 is 0 Å². The Morgan fingerprint density at radius 2 is 0.567 bits per heavy atom. The second kappa shape index (κ2) is 28.3. The Morgan fingerprint density at radius 1 is 0.242 bits per heavy atom. The highest BCUT2D eigenvalue weighted by Crippen LogP contribution is 2.55. The lowest BCUT2D eigenvalue weighted by atomic mass is 9.81. The van der Waals surface area contributed by atoms with Crippen LogP contribution in [-0.2, 0) is 16.2 Å². The van der Waals surface area contributed by atoms with E-state index in [4.69, 9.17) is 34.3 Å². The van der Waals surface area contributed by atoms with Gasteiger partial charge in [0.05, 0.1) is 45.2 Å². The lowest BCUT2D eigenvalue weighted by Crippen LogP contribution is -2.17. The molecule has 3 aliphatic carbocycles. The first kappa shape index (κ1) is 71.9. The standard InChI is InChI=1S/C37H27N3.C37H26N2O.C37H26N2S/c1-37(2)30-17-9-6-16-29(30)35-33(37)34(24-12-4-3-5-13-24)38-36(39-35)25-20-22-26(23-21-25)40-31-18-10-7-14-27(31)28-15-8-11-19-32(28)40;2*1-37(2)30-17-8-6-14-29(30)34-32(37)33(24-11-4-3-5-12-24)38-36(39-34)25-21-19-23(20-22-25)26-15-10-16-28-27-13-7-9-18-31(27)40-35(26)28/h3-23H,1-2H3;2*3-22H,1-2H3. The summed E-state index contributed by atoms with van der Waals surface area (Å²) in [6, 6.07) is 131. The van der Waals surface area contributed by atoms with Gasteiger partial charge >= 0.3 is 0 Å². The molecule has 0 atom stereocenters. The number of benzene rings is 15. The number of hydrogen-bond donors (Lipinski definition) is 0. The number of aromatic nitrogens is 7. The largest absolute Gasteiger partial charge is 0.455 e. The van der Waals surface area contributed by atoms with Crippen LogP contribution in [0.1, 0.15) is 74.9 Å². The van der Waals surface area contributed by atoms with Gasteiger partial charge in [-0.15, -0.1) is 11.3 Å². The summed E-state index contributed by atoms with van der Waals surface area (Å²) in [5.41, 5.74) is 33.0. The van der Waals surface area contributed by atoms with Crippen molar-refractivity contribution >= 4 is 75.3 Å². The number of hydrogen-bond acceptors (Lipinski definition) is 8. The molecule has 0 saturated carbocycles. The maximum absolute atomic E-state index is 6.30. The van der Waals surface area contributed by atoms with Crippen molar-refractivity contribution in [3.05, 3.63) is 403 Å². The maximum Gasteiger partial charge on any atom is 0.160 e. The molecule has 6 heterocycles. The fraction of sp³-hybridized carbons (Fsp3) is 0.0811. The third-order valence-electron chi connectivity index (χ3n) is 25.0. The van der Waals surface area contributed by atoms with Crippen LogP contribution in [0.5, 0.6) is 0 Å². The Kier molecular flexibility index (Phi) is 17.0. The predicted octanol–water partition coefficient (Wildman–Crippen LogP) is 29.0. The molecule has 9 heteroatoms. The lowest BCUT2D eigenvalue weighted by molar-refractivity contribution is 0.657. The van der Waals surface area contributed by atoms with Gasteiger partial charge in [0, 0.05) is 136 Å². The summed E-state index contributed by atoms with van der Waals surface area (Å²) in [7, 11) is 0. The molecule has 15 aromatic carbocycles.